The molecule has 1 aliphatic heterocycles. The van der Waals surface area contributed by atoms with Crippen LogP contribution in [0.3, 0.4) is 0 Å². The van der Waals surface area contributed by atoms with E-state index in [1.807, 2.05) is 18.2 Å². The second-order valence-corrected chi connectivity index (χ2v) is 9.71. The first-order valence-corrected chi connectivity index (χ1v) is 13.0. The molecule has 0 aromatic heterocycles. The summed E-state index contributed by atoms with van der Waals surface area (Å²) in [4.78, 5) is 51.5. The Kier molecular flexibility index (Phi) is 9.42. The first-order valence-electron chi connectivity index (χ1n) is 12.3. The number of methoxy groups -OCH3 is 2. The number of rotatable bonds is 11. The molecule has 9 nitrogen and oxygen atoms in total. The number of esters is 1. The van der Waals surface area contributed by atoms with Crippen LogP contribution in [0.15, 0.2) is 60.7 Å². The highest BCUT2D eigenvalue weighted by atomic mass is 35.5. The van der Waals surface area contributed by atoms with Crippen molar-refractivity contribution in [2.24, 2.45) is 0 Å². The topological polar surface area (TPSA) is 111 Å². The van der Waals surface area contributed by atoms with E-state index in [1.54, 1.807) is 14.2 Å². The maximum absolute atomic E-state index is 13.0. The van der Waals surface area contributed by atoms with Crippen LogP contribution in [0.4, 0.5) is 5.69 Å². The molecule has 11 heteroatoms. The monoisotopic (exact) mass is 584 g/mol. The minimum atomic E-state index is -0.728. The van der Waals surface area contributed by atoms with Crippen LogP contribution in [0.1, 0.15) is 32.7 Å². The zero-order chi connectivity index (χ0) is 28.8. The van der Waals surface area contributed by atoms with E-state index in [1.165, 1.54) is 42.5 Å². The van der Waals surface area contributed by atoms with Gasteiger partial charge in [0, 0.05) is 5.56 Å². The molecule has 1 saturated heterocycles. The summed E-state index contributed by atoms with van der Waals surface area (Å²) in [5.41, 5.74) is 1.74. The first-order chi connectivity index (χ1) is 19.2. The van der Waals surface area contributed by atoms with Gasteiger partial charge in [-0.25, -0.2) is 9.69 Å². The predicted octanol–water partition coefficient (Wildman–Crippen LogP) is 4.51. The largest absolute Gasteiger partial charge is 0.493 e. The number of Topliss-reactive ketones (excluding diaryl/α,β-unsaturated/α-hetero) is 1. The van der Waals surface area contributed by atoms with Gasteiger partial charge >= 0.3 is 5.97 Å². The Labute approximate surface area is 240 Å². The average molecular weight is 585 g/mol. The smallest absolute Gasteiger partial charge is 0.338 e. The fourth-order valence-corrected chi connectivity index (χ4v) is 4.50. The molecule has 208 valence electrons. The van der Waals surface area contributed by atoms with Crippen molar-refractivity contribution in [3.63, 3.8) is 0 Å². The molecule has 0 spiro atoms. The number of imide groups is 1. The van der Waals surface area contributed by atoms with Gasteiger partial charge in [0.2, 0.25) is 5.91 Å². The maximum atomic E-state index is 13.0. The van der Waals surface area contributed by atoms with Gasteiger partial charge in [-0.2, -0.15) is 0 Å². The number of anilines is 1. The minimum absolute atomic E-state index is 0.0192. The van der Waals surface area contributed by atoms with Gasteiger partial charge in [0.05, 0.1) is 48.0 Å². The number of ether oxygens (including phenoxy) is 3. The lowest BCUT2D eigenvalue weighted by Gasteiger charge is -2.16. The van der Waals surface area contributed by atoms with Gasteiger partial charge in [-0.3, -0.25) is 14.4 Å². The number of hydrogen-bond acceptors (Lipinski definition) is 8. The molecule has 1 atom stereocenters. The number of carbonyl (C=O) groups is 4. The van der Waals surface area contributed by atoms with Gasteiger partial charge in [-0.1, -0.05) is 29.3 Å². The zero-order valence-electron chi connectivity index (χ0n) is 21.7. The summed E-state index contributed by atoms with van der Waals surface area (Å²) < 4.78 is 15.7. The molecule has 1 heterocycles. The molecular weight excluding hydrogens is 559 g/mol. The molecule has 3 aromatic carbocycles. The van der Waals surface area contributed by atoms with E-state index < -0.39 is 24.4 Å². The lowest BCUT2D eigenvalue weighted by Crippen LogP contribution is -2.39. The highest BCUT2D eigenvalue weighted by Crippen LogP contribution is 2.28. The summed E-state index contributed by atoms with van der Waals surface area (Å²) in [6, 6.07) is 15.1. The molecule has 1 fully saturated rings. The van der Waals surface area contributed by atoms with Gasteiger partial charge in [-0.15, -0.1) is 0 Å². The fraction of sp³-hybridized carbons (Fsp3) is 0.241. The van der Waals surface area contributed by atoms with E-state index in [2.05, 4.69) is 5.32 Å². The summed E-state index contributed by atoms with van der Waals surface area (Å²) >= 11 is 11.8. The number of hydrogen-bond donors (Lipinski definition) is 1. The number of nitrogens with zero attached hydrogens (tertiary/aromatic N) is 1. The van der Waals surface area contributed by atoms with Gasteiger partial charge in [0.15, 0.2) is 23.9 Å². The lowest BCUT2D eigenvalue weighted by atomic mass is 10.1. The summed E-state index contributed by atoms with van der Waals surface area (Å²) in [7, 11) is 3.13. The summed E-state index contributed by atoms with van der Waals surface area (Å²) in [6.45, 7) is -0.0168. The average Bonchev–Trinajstić information content (AvgIpc) is 3.25. The van der Waals surface area contributed by atoms with Crippen LogP contribution in [0, 0.1) is 0 Å². The normalized spacial score (nSPS) is 14.8. The molecule has 3 aromatic rings. The second-order valence-electron chi connectivity index (χ2n) is 8.89. The number of amides is 2. The first kappa shape index (κ1) is 29.1. The van der Waals surface area contributed by atoms with Crippen LogP contribution in [-0.2, 0) is 20.7 Å². The molecule has 1 N–H and O–H groups in total. The Morgan fingerprint density at radius 2 is 1.60 bits per heavy atom. The van der Waals surface area contributed by atoms with Crippen molar-refractivity contribution >= 4 is 52.5 Å². The molecule has 1 unspecified atom stereocenters. The third-order valence-electron chi connectivity index (χ3n) is 6.34. The van der Waals surface area contributed by atoms with Gasteiger partial charge in [0.25, 0.3) is 5.91 Å². The quantitative estimate of drug-likeness (QED) is 0.199. The van der Waals surface area contributed by atoms with Crippen molar-refractivity contribution < 1.29 is 33.4 Å². The molecule has 40 heavy (non-hydrogen) atoms. The zero-order valence-corrected chi connectivity index (χ0v) is 23.3. The number of benzene rings is 3. The molecule has 4 rings (SSSR count). The van der Waals surface area contributed by atoms with Gasteiger partial charge < -0.3 is 19.5 Å². The van der Waals surface area contributed by atoms with E-state index in [0.29, 0.717) is 35.2 Å². The summed E-state index contributed by atoms with van der Waals surface area (Å²) in [6.07, 6.45) is 0.633. The minimum Gasteiger partial charge on any atom is -0.493 e. The second kappa shape index (κ2) is 13.0. The fourth-order valence-electron chi connectivity index (χ4n) is 4.20. The molecule has 0 bridgehead atoms. The number of halogens is 2. The highest BCUT2D eigenvalue weighted by Gasteiger charge is 2.39. The van der Waals surface area contributed by atoms with Crippen molar-refractivity contribution in [3.05, 3.63) is 87.4 Å². The Hall–Kier alpha value is -3.92. The Morgan fingerprint density at radius 1 is 0.900 bits per heavy atom. The number of ketones is 1. The van der Waals surface area contributed by atoms with Crippen LogP contribution in [-0.4, -0.2) is 57.0 Å². The molecular formula is C29H26Cl2N2O7. The van der Waals surface area contributed by atoms with Crippen molar-refractivity contribution in [2.45, 2.75) is 18.9 Å². The standard InChI is InChI=1S/C29H26Cl2N2O7/c1-38-25-10-3-17(13-26(25)39-2)11-12-32-23-15-27(35)33(28(23)36)20-7-4-18(5-8-20)29(37)40-16-24(34)19-6-9-21(30)22(31)14-19/h3-10,13-14,23,32H,11-12,15-16H2,1-2H3. The van der Waals surface area contributed by atoms with Gasteiger partial charge in [0.1, 0.15) is 0 Å². The van der Waals surface area contributed by atoms with E-state index in [9.17, 15) is 19.2 Å². The van der Waals surface area contributed by atoms with Crippen molar-refractivity contribution in [3.8, 4) is 11.5 Å². The van der Waals surface area contributed by atoms with Crippen LogP contribution in [0.5, 0.6) is 11.5 Å². The Bertz CT molecular complexity index is 1440. The van der Waals surface area contributed by atoms with Crippen molar-refractivity contribution in [1.82, 2.24) is 5.32 Å². The molecule has 0 aliphatic carbocycles. The third kappa shape index (κ3) is 6.62. The molecule has 2 amide bonds. The number of nitrogens with one attached hydrogen (secondary N) is 1. The highest BCUT2D eigenvalue weighted by molar-refractivity contribution is 6.42. The van der Waals surface area contributed by atoms with Crippen LogP contribution < -0.4 is 19.7 Å². The molecule has 1 aliphatic rings. The van der Waals surface area contributed by atoms with E-state index in [4.69, 9.17) is 37.4 Å². The van der Waals surface area contributed by atoms with Crippen molar-refractivity contribution in [2.75, 3.05) is 32.3 Å². The Balaban J connectivity index is 1.31. The lowest BCUT2D eigenvalue weighted by molar-refractivity contribution is -0.121. The van der Waals surface area contributed by atoms with E-state index in [0.717, 1.165) is 10.5 Å². The third-order valence-corrected chi connectivity index (χ3v) is 7.08. The van der Waals surface area contributed by atoms with E-state index in [-0.39, 0.29) is 34.4 Å². The molecule has 0 saturated carbocycles. The maximum Gasteiger partial charge on any atom is 0.338 e. The summed E-state index contributed by atoms with van der Waals surface area (Å²) in [5.74, 6) is -0.655. The van der Waals surface area contributed by atoms with E-state index >= 15 is 0 Å². The van der Waals surface area contributed by atoms with Gasteiger partial charge in [-0.05, 0) is 73.1 Å². The van der Waals surface area contributed by atoms with Crippen molar-refractivity contribution in [1.29, 1.82) is 0 Å². The number of carbonyl (C=O) groups excluding carboxylic acids is 4. The van der Waals surface area contributed by atoms with Crippen LogP contribution >= 0.6 is 23.2 Å². The molecule has 0 radical (unpaired) electrons. The van der Waals surface area contributed by atoms with Crippen LogP contribution in [0.2, 0.25) is 10.0 Å². The van der Waals surface area contributed by atoms with Crippen LogP contribution in [0.25, 0.3) is 0 Å². The SMILES string of the molecule is COc1ccc(CCNC2CC(=O)N(c3ccc(C(=O)OCC(=O)c4ccc(Cl)c(Cl)c4)cc3)C2=O)cc1OC. The Morgan fingerprint density at radius 3 is 2.27 bits per heavy atom. The predicted molar refractivity (Wildman–Crippen MR) is 150 cm³/mol. The summed E-state index contributed by atoms with van der Waals surface area (Å²) in [5, 5.41) is 3.67.